The maximum absolute atomic E-state index is 11.5. The Balaban J connectivity index is 2.19. The van der Waals surface area contributed by atoms with Crippen molar-refractivity contribution >= 4 is 10.0 Å². The van der Waals surface area contributed by atoms with Crippen molar-refractivity contribution in [2.24, 2.45) is 0 Å². The van der Waals surface area contributed by atoms with Gasteiger partial charge < -0.3 is 10.1 Å². The molecular weight excluding hydrogens is 216 g/mol. The van der Waals surface area contributed by atoms with E-state index in [4.69, 9.17) is 4.74 Å². The molecule has 2 N–H and O–H groups in total. The fourth-order valence-electron chi connectivity index (χ4n) is 1.55. The number of likely N-dealkylation sites (N-methyl/N-ethyl adjacent to an activating group) is 1. The molecule has 0 saturated carbocycles. The molecule has 0 aliphatic carbocycles. The number of sulfonamides is 1. The Morgan fingerprint density at radius 3 is 2.80 bits per heavy atom. The topological polar surface area (TPSA) is 67.4 Å². The summed E-state index contributed by atoms with van der Waals surface area (Å²) >= 11 is 0. The van der Waals surface area contributed by atoms with Crippen LogP contribution < -0.4 is 10.0 Å². The van der Waals surface area contributed by atoms with Crippen molar-refractivity contribution in [3.8, 4) is 0 Å². The summed E-state index contributed by atoms with van der Waals surface area (Å²) in [6.07, 6.45) is 1.72. The minimum Gasteiger partial charge on any atom is -0.377 e. The molecule has 0 spiro atoms. The van der Waals surface area contributed by atoms with Gasteiger partial charge in [-0.15, -0.1) is 0 Å². The van der Waals surface area contributed by atoms with E-state index >= 15 is 0 Å². The summed E-state index contributed by atoms with van der Waals surface area (Å²) < 4.78 is 30.9. The van der Waals surface area contributed by atoms with Gasteiger partial charge >= 0.3 is 0 Å². The van der Waals surface area contributed by atoms with Gasteiger partial charge in [0.1, 0.15) is 0 Å². The normalized spacial score (nSPS) is 22.1. The van der Waals surface area contributed by atoms with Gasteiger partial charge in [0.15, 0.2) is 0 Å². The van der Waals surface area contributed by atoms with Crippen molar-refractivity contribution in [2.75, 3.05) is 32.0 Å². The molecule has 0 aromatic carbocycles. The maximum atomic E-state index is 11.5. The summed E-state index contributed by atoms with van der Waals surface area (Å²) in [5.41, 5.74) is 0. The van der Waals surface area contributed by atoms with Crippen molar-refractivity contribution in [1.82, 2.24) is 10.0 Å². The first-order valence-corrected chi connectivity index (χ1v) is 7.09. The molecule has 0 bridgehead atoms. The standard InChI is InChI=1S/C9H20N2O3S/c1-2-10-5-6-11-15(12,13)8-9-4-3-7-14-9/h9-11H,2-8H2,1H3. The Hall–Kier alpha value is -0.170. The van der Waals surface area contributed by atoms with Crippen LogP contribution in [0.4, 0.5) is 0 Å². The van der Waals surface area contributed by atoms with E-state index in [0.717, 1.165) is 19.4 Å². The molecule has 1 unspecified atom stereocenters. The minimum absolute atomic E-state index is 0.0964. The lowest BCUT2D eigenvalue weighted by atomic mass is 10.3. The van der Waals surface area contributed by atoms with Crippen molar-refractivity contribution < 1.29 is 13.2 Å². The van der Waals surface area contributed by atoms with E-state index in [9.17, 15) is 8.42 Å². The molecular formula is C9H20N2O3S. The maximum Gasteiger partial charge on any atom is 0.214 e. The highest BCUT2D eigenvalue weighted by molar-refractivity contribution is 7.89. The Kier molecular flexibility index (Phi) is 5.52. The predicted molar refractivity (Wildman–Crippen MR) is 59.3 cm³/mol. The summed E-state index contributed by atoms with van der Waals surface area (Å²) in [5, 5.41) is 3.06. The van der Waals surface area contributed by atoms with Gasteiger partial charge in [0.05, 0.1) is 11.9 Å². The van der Waals surface area contributed by atoms with Crippen LogP contribution in [0.15, 0.2) is 0 Å². The highest BCUT2D eigenvalue weighted by atomic mass is 32.2. The highest BCUT2D eigenvalue weighted by Crippen LogP contribution is 2.13. The third-order valence-electron chi connectivity index (χ3n) is 2.30. The molecule has 1 fully saturated rings. The van der Waals surface area contributed by atoms with E-state index in [1.807, 2.05) is 6.92 Å². The van der Waals surface area contributed by atoms with E-state index in [2.05, 4.69) is 10.0 Å². The third-order valence-corrected chi connectivity index (χ3v) is 3.76. The van der Waals surface area contributed by atoms with Crippen LogP contribution in [0.2, 0.25) is 0 Å². The number of rotatable bonds is 7. The van der Waals surface area contributed by atoms with Gasteiger partial charge in [-0.3, -0.25) is 0 Å². The van der Waals surface area contributed by atoms with E-state index < -0.39 is 10.0 Å². The molecule has 0 radical (unpaired) electrons. The number of ether oxygens (including phenoxy) is 1. The van der Waals surface area contributed by atoms with Crippen LogP contribution in [0.5, 0.6) is 0 Å². The lowest BCUT2D eigenvalue weighted by Crippen LogP contribution is -2.36. The Morgan fingerprint density at radius 1 is 1.40 bits per heavy atom. The van der Waals surface area contributed by atoms with Crippen molar-refractivity contribution in [3.05, 3.63) is 0 Å². The van der Waals surface area contributed by atoms with Gasteiger partial charge in [0.25, 0.3) is 0 Å². The van der Waals surface area contributed by atoms with Crippen LogP contribution in [0, 0.1) is 0 Å². The highest BCUT2D eigenvalue weighted by Gasteiger charge is 2.22. The van der Waals surface area contributed by atoms with Crippen molar-refractivity contribution in [1.29, 1.82) is 0 Å². The fourth-order valence-corrected chi connectivity index (χ4v) is 2.83. The van der Waals surface area contributed by atoms with Crippen LogP contribution in [0.3, 0.4) is 0 Å². The van der Waals surface area contributed by atoms with E-state index in [1.165, 1.54) is 0 Å². The lowest BCUT2D eigenvalue weighted by molar-refractivity contribution is 0.127. The quantitative estimate of drug-likeness (QED) is 0.595. The van der Waals surface area contributed by atoms with Crippen molar-refractivity contribution in [3.63, 3.8) is 0 Å². The average Bonchev–Trinajstić information content (AvgIpc) is 2.64. The Labute approximate surface area is 91.6 Å². The van der Waals surface area contributed by atoms with E-state index in [1.54, 1.807) is 0 Å². The smallest absolute Gasteiger partial charge is 0.214 e. The second-order valence-electron chi connectivity index (χ2n) is 3.66. The fraction of sp³-hybridized carbons (Fsp3) is 1.00. The number of hydrogen-bond acceptors (Lipinski definition) is 4. The molecule has 5 nitrogen and oxygen atoms in total. The number of hydrogen-bond donors (Lipinski definition) is 2. The zero-order valence-electron chi connectivity index (χ0n) is 9.16. The summed E-state index contributed by atoms with van der Waals surface area (Å²) in [6, 6.07) is 0. The van der Waals surface area contributed by atoms with Crippen LogP contribution in [-0.2, 0) is 14.8 Å². The monoisotopic (exact) mass is 236 g/mol. The molecule has 0 amide bonds. The molecule has 0 aromatic rings. The summed E-state index contributed by atoms with van der Waals surface area (Å²) in [7, 11) is -3.16. The van der Waals surface area contributed by atoms with Crippen LogP contribution in [-0.4, -0.2) is 46.5 Å². The molecule has 1 aliphatic heterocycles. The minimum atomic E-state index is -3.16. The van der Waals surface area contributed by atoms with E-state index in [-0.39, 0.29) is 11.9 Å². The molecule has 90 valence electrons. The second kappa shape index (κ2) is 6.42. The second-order valence-corrected chi connectivity index (χ2v) is 5.52. The summed E-state index contributed by atoms with van der Waals surface area (Å²) in [5.74, 6) is 0.0964. The molecule has 15 heavy (non-hydrogen) atoms. The predicted octanol–water partition coefficient (Wildman–Crippen LogP) is -0.306. The first kappa shape index (κ1) is 12.9. The molecule has 1 heterocycles. The number of nitrogens with one attached hydrogen (secondary N) is 2. The van der Waals surface area contributed by atoms with Gasteiger partial charge in [-0.25, -0.2) is 13.1 Å². The largest absolute Gasteiger partial charge is 0.377 e. The van der Waals surface area contributed by atoms with Gasteiger partial charge in [0, 0.05) is 19.7 Å². The lowest BCUT2D eigenvalue weighted by Gasteiger charge is -2.11. The van der Waals surface area contributed by atoms with Crippen LogP contribution in [0.25, 0.3) is 0 Å². The molecule has 1 rings (SSSR count). The first-order valence-electron chi connectivity index (χ1n) is 5.43. The summed E-state index contributed by atoms with van der Waals surface area (Å²) in [4.78, 5) is 0. The summed E-state index contributed by atoms with van der Waals surface area (Å²) in [6.45, 7) is 4.65. The molecule has 0 aromatic heterocycles. The van der Waals surface area contributed by atoms with Gasteiger partial charge in [-0.1, -0.05) is 6.92 Å². The van der Waals surface area contributed by atoms with Crippen LogP contribution in [0.1, 0.15) is 19.8 Å². The molecule has 1 aliphatic rings. The van der Waals surface area contributed by atoms with E-state index in [0.29, 0.717) is 19.7 Å². The molecule has 1 atom stereocenters. The van der Waals surface area contributed by atoms with Gasteiger partial charge in [0.2, 0.25) is 10.0 Å². The SMILES string of the molecule is CCNCCNS(=O)(=O)CC1CCCO1. The van der Waals surface area contributed by atoms with Gasteiger partial charge in [-0.05, 0) is 19.4 Å². The Morgan fingerprint density at radius 2 is 2.20 bits per heavy atom. The molecule has 1 saturated heterocycles. The zero-order chi connectivity index (χ0) is 11.1. The van der Waals surface area contributed by atoms with Crippen LogP contribution >= 0.6 is 0 Å². The Bertz CT molecular complexity index is 261. The zero-order valence-corrected chi connectivity index (χ0v) is 9.98. The third kappa shape index (κ3) is 5.46. The molecule has 6 heteroatoms. The van der Waals surface area contributed by atoms with Gasteiger partial charge in [-0.2, -0.15) is 0 Å². The first-order chi connectivity index (χ1) is 7.14. The van der Waals surface area contributed by atoms with Crippen molar-refractivity contribution in [2.45, 2.75) is 25.9 Å². The average molecular weight is 236 g/mol.